The topological polar surface area (TPSA) is 45.8 Å². The molecule has 1 N–H and O–H groups in total. The summed E-state index contributed by atoms with van der Waals surface area (Å²) >= 11 is 5.83. The lowest BCUT2D eigenvalue weighted by Crippen LogP contribution is -2.14. The number of rotatable bonds is 2. The maximum atomic E-state index is 10.4. The monoisotopic (exact) mass is 200 g/mol. The first-order valence-electron chi connectivity index (χ1n) is 4.13. The minimum absolute atomic E-state index is 0.0571. The Morgan fingerprint density at radius 3 is 2.62 bits per heavy atom. The van der Waals surface area contributed by atoms with Crippen LogP contribution in [0.5, 0.6) is 0 Å². The summed E-state index contributed by atoms with van der Waals surface area (Å²) in [7, 11) is 0. The summed E-state index contributed by atoms with van der Waals surface area (Å²) in [6, 6.07) is 0. The summed E-state index contributed by atoms with van der Waals surface area (Å²) in [5, 5.41) is 7.14. The van der Waals surface area contributed by atoms with Gasteiger partial charge < -0.3 is 4.79 Å². The highest BCUT2D eigenvalue weighted by atomic mass is 35.5. The smallest absolute Gasteiger partial charge is 0.154 e. The van der Waals surface area contributed by atoms with Gasteiger partial charge in [0.1, 0.15) is 6.29 Å². The fourth-order valence-corrected chi connectivity index (χ4v) is 1.45. The van der Waals surface area contributed by atoms with Crippen molar-refractivity contribution in [2.24, 2.45) is 0 Å². The van der Waals surface area contributed by atoms with Gasteiger partial charge in [0.2, 0.25) is 0 Å². The third-order valence-electron chi connectivity index (χ3n) is 1.85. The van der Waals surface area contributed by atoms with Crippen LogP contribution < -0.4 is 0 Å². The zero-order valence-corrected chi connectivity index (χ0v) is 8.77. The van der Waals surface area contributed by atoms with E-state index >= 15 is 0 Å². The van der Waals surface area contributed by atoms with E-state index in [-0.39, 0.29) is 5.41 Å². The molecule has 0 saturated carbocycles. The Morgan fingerprint density at radius 1 is 1.54 bits per heavy atom. The van der Waals surface area contributed by atoms with Crippen LogP contribution in [-0.2, 0) is 16.6 Å². The van der Waals surface area contributed by atoms with Crippen LogP contribution in [0.25, 0.3) is 0 Å². The van der Waals surface area contributed by atoms with Gasteiger partial charge in [0.25, 0.3) is 0 Å². The highest BCUT2D eigenvalue weighted by Crippen LogP contribution is 2.27. The van der Waals surface area contributed by atoms with Crippen molar-refractivity contribution in [3.63, 3.8) is 0 Å². The molecule has 0 fully saturated rings. The second-order valence-electron chi connectivity index (χ2n) is 3.99. The highest BCUT2D eigenvalue weighted by molar-refractivity contribution is 6.30. The molecular weight excluding hydrogens is 188 g/mol. The number of aldehydes is 1. The van der Waals surface area contributed by atoms with E-state index in [0.717, 1.165) is 17.5 Å². The average Bonchev–Trinajstić information content (AvgIpc) is 2.32. The summed E-state index contributed by atoms with van der Waals surface area (Å²) < 4.78 is 0. The summed E-state index contributed by atoms with van der Waals surface area (Å²) in [4.78, 5) is 10.4. The normalized spacial score (nSPS) is 11.7. The van der Waals surface area contributed by atoms with E-state index in [0.29, 0.717) is 11.6 Å². The van der Waals surface area contributed by atoms with Gasteiger partial charge in [-0.2, -0.15) is 5.10 Å². The summed E-state index contributed by atoms with van der Waals surface area (Å²) in [6.07, 6.45) is 1.16. The van der Waals surface area contributed by atoms with E-state index in [2.05, 4.69) is 10.2 Å². The molecule has 0 aliphatic heterocycles. The van der Waals surface area contributed by atoms with Gasteiger partial charge >= 0.3 is 0 Å². The fourth-order valence-electron chi connectivity index (χ4n) is 1.23. The Labute approximate surface area is 82.5 Å². The number of carbonyl (C=O) groups is 1. The Hall–Kier alpha value is -0.830. The molecule has 1 heterocycles. The number of aromatic amines is 1. The Morgan fingerprint density at radius 2 is 2.15 bits per heavy atom. The maximum absolute atomic E-state index is 10.4. The molecule has 0 aromatic carbocycles. The number of halogens is 1. The molecule has 3 nitrogen and oxygen atoms in total. The Kier molecular flexibility index (Phi) is 2.76. The molecule has 0 bridgehead atoms. The lowest BCUT2D eigenvalue weighted by atomic mass is 9.89. The molecule has 1 aromatic heterocycles. The predicted octanol–water partition coefficient (Wildman–Crippen LogP) is 2.10. The van der Waals surface area contributed by atoms with E-state index in [1.54, 1.807) is 0 Å². The number of nitrogens with one attached hydrogen (secondary N) is 1. The molecule has 72 valence electrons. The SMILES string of the molecule is CC(C)(C)c1[nH]nc(Cl)c1CC=O. The molecular formula is C9H13ClN2O. The number of aromatic nitrogens is 2. The maximum Gasteiger partial charge on any atom is 0.154 e. The first-order valence-corrected chi connectivity index (χ1v) is 4.51. The second-order valence-corrected chi connectivity index (χ2v) is 4.35. The molecule has 0 unspecified atom stereocenters. The van der Waals surface area contributed by atoms with Crippen molar-refractivity contribution < 1.29 is 4.79 Å². The van der Waals surface area contributed by atoms with E-state index < -0.39 is 0 Å². The lowest BCUT2D eigenvalue weighted by Gasteiger charge is -2.17. The number of nitrogens with zero attached hydrogens (tertiary/aromatic N) is 1. The Bertz CT molecular complexity index is 312. The van der Waals surface area contributed by atoms with Crippen molar-refractivity contribution in [3.05, 3.63) is 16.4 Å². The third kappa shape index (κ3) is 2.10. The van der Waals surface area contributed by atoms with E-state index in [9.17, 15) is 4.79 Å². The summed E-state index contributed by atoms with van der Waals surface area (Å²) in [5.74, 6) is 0. The molecule has 0 saturated heterocycles. The first kappa shape index (κ1) is 10.3. The van der Waals surface area contributed by atoms with Crippen molar-refractivity contribution in [2.45, 2.75) is 32.6 Å². The molecule has 0 aliphatic carbocycles. The predicted molar refractivity (Wildman–Crippen MR) is 52.1 cm³/mol. The second kappa shape index (κ2) is 3.50. The van der Waals surface area contributed by atoms with Crippen LogP contribution >= 0.6 is 11.6 Å². The van der Waals surface area contributed by atoms with Crippen molar-refractivity contribution in [2.75, 3.05) is 0 Å². The van der Waals surface area contributed by atoms with Crippen LogP contribution in [0.4, 0.5) is 0 Å². The van der Waals surface area contributed by atoms with Crippen LogP contribution in [-0.4, -0.2) is 16.5 Å². The van der Waals surface area contributed by atoms with Crippen molar-refractivity contribution in [1.82, 2.24) is 10.2 Å². The fraction of sp³-hybridized carbons (Fsp3) is 0.556. The van der Waals surface area contributed by atoms with Crippen molar-refractivity contribution in [1.29, 1.82) is 0 Å². The van der Waals surface area contributed by atoms with Gasteiger partial charge in [-0.15, -0.1) is 0 Å². The first-order chi connectivity index (χ1) is 5.96. The largest absolute Gasteiger partial charge is 0.303 e. The van der Waals surface area contributed by atoms with E-state index in [1.165, 1.54) is 0 Å². The molecule has 4 heteroatoms. The number of carbonyl (C=O) groups excluding carboxylic acids is 1. The minimum atomic E-state index is -0.0571. The van der Waals surface area contributed by atoms with Gasteiger partial charge in [-0.05, 0) is 0 Å². The van der Waals surface area contributed by atoms with Gasteiger partial charge in [0.05, 0.1) is 0 Å². The minimum Gasteiger partial charge on any atom is -0.303 e. The van der Waals surface area contributed by atoms with Crippen LogP contribution in [0.3, 0.4) is 0 Å². The zero-order valence-electron chi connectivity index (χ0n) is 8.02. The highest BCUT2D eigenvalue weighted by Gasteiger charge is 2.22. The van der Waals surface area contributed by atoms with Gasteiger partial charge in [-0.25, -0.2) is 0 Å². The molecule has 13 heavy (non-hydrogen) atoms. The van der Waals surface area contributed by atoms with E-state index in [4.69, 9.17) is 11.6 Å². The van der Waals surface area contributed by atoms with Crippen LogP contribution in [0.1, 0.15) is 32.0 Å². The van der Waals surface area contributed by atoms with Gasteiger partial charge in [0, 0.05) is 23.1 Å². The third-order valence-corrected chi connectivity index (χ3v) is 2.17. The summed E-state index contributed by atoms with van der Waals surface area (Å²) in [6.45, 7) is 6.14. The number of hydrogen-bond donors (Lipinski definition) is 1. The molecule has 0 radical (unpaired) electrons. The van der Waals surface area contributed by atoms with Gasteiger partial charge in [-0.3, -0.25) is 5.10 Å². The molecule has 1 aromatic rings. The van der Waals surface area contributed by atoms with E-state index in [1.807, 2.05) is 20.8 Å². The average molecular weight is 201 g/mol. The zero-order chi connectivity index (χ0) is 10.1. The number of hydrogen-bond acceptors (Lipinski definition) is 2. The van der Waals surface area contributed by atoms with Crippen molar-refractivity contribution >= 4 is 17.9 Å². The summed E-state index contributed by atoms with van der Waals surface area (Å²) in [5.41, 5.74) is 1.69. The standard InChI is InChI=1S/C9H13ClN2O/c1-9(2,3)7-6(4-5-13)8(10)12-11-7/h5H,4H2,1-3H3,(H,11,12). The van der Waals surface area contributed by atoms with Crippen LogP contribution in [0, 0.1) is 0 Å². The molecule has 0 spiro atoms. The molecule has 1 rings (SSSR count). The quantitative estimate of drug-likeness (QED) is 0.744. The molecule has 0 amide bonds. The van der Waals surface area contributed by atoms with Crippen molar-refractivity contribution in [3.8, 4) is 0 Å². The van der Waals surface area contributed by atoms with Gasteiger partial charge in [-0.1, -0.05) is 32.4 Å². The van der Waals surface area contributed by atoms with Crippen LogP contribution in [0.15, 0.2) is 0 Å². The van der Waals surface area contributed by atoms with Crippen LogP contribution in [0.2, 0.25) is 5.15 Å². The Balaban J connectivity index is 3.14. The van der Waals surface area contributed by atoms with Gasteiger partial charge in [0.15, 0.2) is 5.15 Å². The molecule has 0 atom stereocenters. The lowest BCUT2D eigenvalue weighted by molar-refractivity contribution is -0.107. The number of H-pyrrole nitrogens is 1. The molecule has 0 aliphatic rings.